The Morgan fingerprint density at radius 3 is 2.40 bits per heavy atom. The minimum atomic E-state index is 0.328. The summed E-state index contributed by atoms with van der Waals surface area (Å²) < 4.78 is 1.03. The lowest BCUT2D eigenvalue weighted by atomic mass is 9.96. The Hall–Kier alpha value is -1.19. The smallest absolute Gasteiger partial charge is 0.0410 e. The highest BCUT2D eigenvalue weighted by Crippen LogP contribution is 2.22. The maximum atomic E-state index is 4.25. The molecule has 0 aliphatic heterocycles. The molecule has 1 N–H and O–H groups in total. The Labute approximate surface area is 129 Å². The third-order valence-corrected chi connectivity index (χ3v) is 3.73. The predicted octanol–water partition coefficient (Wildman–Crippen LogP) is 4.35. The monoisotopic (exact) mass is 332 g/mol. The molecule has 106 valence electrons. The number of aryl methyl sites for hydroxylation is 2. The first kappa shape index (κ1) is 15.2. The van der Waals surface area contributed by atoms with Crippen LogP contribution < -0.4 is 5.32 Å². The molecule has 0 aliphatic carbocycles. The van der Waals surface area contributed by atoms with E-state index in [1.807, 2.05) is 12.4 Å². The molecular formula is C17H21BrN2. The summed E-state index contributed by atoms with van der Waals surface area (Å²) in [6.45, 7) is 7.41. The lowest BCUT2D eigenvalue weighted by molar-refractivity contribution is 0.548. The minimum absolute atomic E-state index is 0.328. The van der Waals surface area contributed by atoms with Gasteiger partial charge in [0.2, 0.25) is 0 Å². The fourth-order valence-electron chi connectivity index (χ4n) is 2.57. The molecule has 0 spiro atoms. The van der Waals surface area contributed by atoms with Gasteiger partial charge in [-0.1, -0.05) is 36.2 Å². The fraction of sp³-hybridized carbons (Fsp3) is 0.353. The van der Waals surface area contributed by atoms with E-state index in [1.165, 1.54) is 22.3 Å². The van der Waals surface area contributed by atoms with Gasteiger partial charge in [0.15, 0.2) is 0 Å². The number of rotatable bonds is 5. The number of hydrogen-bond acceptors (Lipinski definition) is 2. The number of aromatic nitrogens is 1. The van der Waals surface area contributed by atoms with Crippen molar-refractivity contribution in [3.63, 3.8) is 0 Å². The van der Waals surface area contributed by atoms with E-state index in [9.17, 15) is 0 Å². The van der Waals surface area contributed by atoms with Crippen LogP contribution in [-0.2, 0) is 6.42 Å². The highest BCUT2D eigenvalue weighted by atomic mass is 79.9. The second kappa shape index (κ2) is 7.00. The van der Waals surface area contributed by atoms with Crippen molar-refractivity contribution in [2.24, 2.45) is 0 Å². The van der Waals surface area contributed by atoms with Crippen LogP contribution in [0.3, 0.4) is 0 Å². The van der Waals surface area contributed by atoms with Gasteiger partial charge in [0, 0.05) is 22.9 Å². The minimum Gasteiger partial charge on any atom is -0.310 e. The molecule has 0 saturated heterocycles. The predicted molar refractivity (Wildman–Crippen MR) is 88.0 cm³/mol. The molecule has 1 heterocycles. The maximum absolute atomic E-state index is 4.25. The van der Waals surface area contributed by atoms with E-state index in [1.54, 1.807) is 0 Å². The van der Waals surface area contributed by atoms with E-state index in [0.717, 1.165) is 17.4 Å². The van der Waals surface area contributed by atoms with Gasteiger partial charge < -0.3 is 5.32 Å². The van der Waals surface area contributed by atoms with Gasteiger partial charge in [-0.2, -0.15) is 0 Å². The van der Waals surface area contributed by atoms with Crippen LogP contribution in [0, 0.1) is 13.8 Å². The summed E-state index contributed by atoms with van der Waals surface area (Å²) in [7, 11) is 0. The Balaban J connectivity index is 2.26. The normalized spacial score (nSPS) is 12.4. The zero-order valence-electron chi connectivity index (χ0n) is 12.3. The number of nitrogens with zero attached hydrogens (tertiary/aromatic N) is 1. The van der Waals surface area contributed by atoms with Gasteiger partial charge in [-0.25, -0.2) is 0 Å². The highest BCUT2D eigenvalue weighted by molar-refractivity contribution is 9.10. The molecule has 20 heavy (non-hydrogen) atoms. The Morgan fingerprint density at radius 1 is 1.10 bits per heavy atom. The van der Waals surface area contributed by atoms with Gasteiger partial charge >= 0.3 is 0 Å². The number of benzene rings is 1. The van der Waals surface area contributed by atoms with Crippen molar-refractivity contribution in [2.45, 2.75) is 33.2 Å². The van der Waals surface area contributed by atoms with Crippen molar-refractivity contribution in [1.29, 1.82) is 0 Å². The van der Waals surface area contributed by atoms with Gasteiger partial charge in [0.1, 0.15) is 0 Å². The van der Waals surface area contributed by atoms with E-state index in [2.05, 4.69) is 71.3 Å². The number of hydrogen-bond donors (Lipinski definition) is 1. The molecule has 1 unspecified atom stereocenters. The second-order valence-corrected chi connectivity index (χ2v) is 6.16. The Kier molecular flexibility index (Phi) is 5.32. The summed E-state index contributed by atoms with van der Waals surface area (Å²) in [5, 5.41) is 3.58. The third kappa shape index (κ3) is 4.15. The lowest BCUT2D eigenvalue weighted by Gasteiger charge is -2.19. The number of halogens is 1. The molecule has 1 atom stereocenters. The molecular weight excluding hydrogens is 312 g/mol. The SMILES string of the molecule is CCNC(Cc1cncc(Br)c1)c1cc(C)cc(C)c1. The summed E-state index contributed by atoms with van der Waals surface area (Å²) >= 11 is 3.49. The lowest BCUT2D eigenvalue weighted by Crippen LogP contribution is -2.23. The van der Waals surface area contributed by atoms with Gasteiger partial charge in [-0.3, -0.25) is 4.98 Å². The molecule has 3 heteroatoms. The molecule has 1 aromatic heterocycles. The van der Waals surface area contributed by atoms with Gasteiger partial charge in [0.25, 0.3) is 0 Å². The van der Waals surface area contributed by atoms with Crippen LogP contribution in [0.2, 0.25) is 0 Å². The number of likely N-dealkylation sites (N-methyl/N-ethyl adjacent to an activating group) is 1. The first-order chi connectivity index (χ1) is 9.58. The summed E-state index contributed by atoms with van der Waals surface area (Å²) in [5.41, 5.74) is 5.22. The molecule has 1 aromatic carbocycles. The molecule has 0 aliphatic rings. The van der Waals surface area contributed by atoms with Crippen molar-refractivity contribution in [2.75, 3.05) is 6.54 Å². The van der Waals surface area contributed by atoms with Crippen LogP contribution >= 0.6 is 15.9 Å². The molecule has 0 radical (unpaired) electrons. The van der Waals surface area contributed by atoms with Crippen molar-refractivity contribution in [3.8, 4) is 0 Å². The van der Waals surface area contributed by atoms with Gasteiger partial charge in [0.05, 0.1) is 0 Å². The topological polar surface area (TPSA) is 24.9 Å². The first-order valence-electron chi connectivity index (χ1n) is 6.99. The van der Waals surface area contributed by atoms with Crippen LogP contribution in [0.25, 0.3) is 0 Å². The Morgan fingerprint density at radius 2 is 1.80 bits per heavy atom. The maximum Gasteiger partial charge on any atom is 0.0410 e. The van der Waals surface area contributed by atoms with Crippen LogP contribution in [0.15, 0.2) is 41.1 Å². The molecule has 2 nitrogen and oxygen atoms in total. The summed E-state index contributed by atoms with van der Waals surface area (Å²) in [4.78, 5) is 4.25. The summed E-state index contributed by atoms with van der Waals surface area (Å²) in [6, 6.07) is 9.22. The zero-order valence-corrected chi connectivity index (χ0v) is 13.9. The number of nitrogens with one attached hydrogen (secondary N) is 1. The molecule has 2 rings (SSSR count). The third-order valence-electron chi connectivity index (χ3n) is 3.30. The van der Waals surface area contributed by atoms with E-state index in [4.69, 9.17) is 0 Å². The van der Waals surface area contributed by atoms with E-state index in [-0.39, 0.29) is 0 Å². The number of pyridine rings is 1. The quantitative estimate of drug-likeness (QED) is 0.880. The van der Waals surface area contributed by atoms with Crippen molar-refractivity contribution in [1.82, 2.24) is 10.3 Å². The largest absolute Gasteiger partial charge is 0.310 e. The summed E-state index contributed by atoms with van der Waals surface area (Å²) in [5.74, 6) is 0. The van der Waals surface area contributed by atoms with Gasteiger partial charge in [-0.05, 0) is 59.9 Å². The average molecular weight is 333 g/mol. The Bertz CT molecular complexity index is 561. The zero-order chi connectivity index (χ0) is 14.5. The molecule has 0 bridgehead atoms. The van der Waals surface area contributed by atoms with E-state index >= 15 is 0 Å². The molecule has 2 aromatic rings. The van der Waals surface area contributed by atoms with Crippen LogP contribution in [0.4, 0.5) is 0 Å². The van der Waals surface area contributed by atoms with Crippen LogP contribution in [-0.4, -0.2) is 11.5 Å². The summed E-state index contributed by atoms with van der Waals surface area (Å²) in [6.07, 6.45) is 4.71. The van der Waals surface area contributed by atoms with Crippen LogP contribution in [0.5, 0.6) is 0 Å². The van der Waals surface area contributed by atoms with E-state index < -0.39 is 0 Å². The molecule has 0 amide bonds. The van der Waals surface area contributed by atoms with Crippen LogP contribution in [0.1, 0.15) is 35.2 Å². The molecule has 0 fully saturated rings. The fourth-order valence-corrected chi connectivity index (χ4v) is 2.98. The molecule has 0 saturated carbocycles. The van der Waals surface area contributed by atoms with Crippen molar-refractivity contribution < 1.29 is 0 Å². The van der Waals surface area contributed by atoms with E-state index in [0.29, 0.717) is 6.04 Å². The second-order valence-electron chi connectivity index (χ2n) is 5.25. The van der Waals surface area contributed by atoms with Crippen molar-refractivity contribution >= 4 is 15.9 Å². The standard InChI is InChI=1S/C17H21BrN2/c1-4-20-17(9-14-8-16(18)11-19-10-14)15-6-12(2)5-13(3)7-15/h5-8,10-11,17,20H,4,9H2,1-3H3. The highest BCUT2D eigenvalue weighted by Gasteiger charge is 2.12. The van der Waals surface area contributed by atoms with Crippen molar-refractivity contribution in [3.05, 3.63) is 63.4 Å². The first-order valence-corrected chi connectivity index (χ1v) is 7.78. The average Bonchev–Trinajstić information content (AvgIpc) is 2.37. The van der Waals surface area contributed by atoms with Gasteiger partial charge in [-0.15, -0.1) is 0 Å².